The van der Waals surface area contributed by atoms with Crippen molar-refractivity contribution in [2.45, 2.75) is 25.7 Å². The van der Waals surface area contributed by atoms with E-state index in [4.69, 9.17) is 9.97 Å². The maximum absolute atomic E-state index is 4.94. The minimum Gasteiger partial charge on any atom is -0.329 e. The number of aromatic nitrogens is 4. The molecule has 0 radical (unpaired) electrons. The molecule has 0 amide bonds. The van der Waals surface area contributed by atoms with Gasteiger partial charge in [-0.15, -0.1) is 0 Å². The normalized spacial score (nSPS) is 13.3. The van der Waals surface area contributed by atoms with Crippen molar-refractivity contribution >= 4 is 50.0 Å². The molecule has 4 aromatic rings. The van der Waals surface area contributed by atoms with Crippen LogP contribution in [0.3, 0.4) is 0 Å². The minimum absolute atomic E-state index is 0.634. The van der Waals surface area contributed by atoms with Crippen molar-refractivity contribution in [3.05, 3.63) is 64.4 Å². The first-order chi connectivity index (χ1) is 14.6. The molecule has 0 unspecified atom stereocenters. The van der Waals surface area contributed by atoms with Crippen LogP contribution in [0.25, 0.3) is 10.9 Å². The van der Waals surface area contributed by atoms with Gasteiger partial charge in [-0.05, 0) is 62.1 Å². The molecule has 0 fully saturated rings. The quantitative estimate of drug-likeness (QED) is 0.432. The predicted molar refractivity (Wildman–Crippen MR) is 125 cm³/mol. The average molecular weight is 463 g/mol. The SMILES string of the molecule is CN(c1ccc2cn(C)nc2c1)c1nc(Nc2cccc(Br)c2)nc2c1CCCC2. The molecule has 0 saturated carbocycles. The van der Waals surface area contributed by atoms with E-state index >= 15 is 0 Å². The Labute approximate surface area is 184 Å². The lowest BCUT2D eigenvalue weighted by Gasteiger charge is -2.26. The maximum atomic E-state index is 4.94. The van der Waals surface area contributed by atoms with Crippen LogP contribution in [0.4, 0.5) is 23.1 Å². The van der Waals surface area contributed by atoms with Crippen molar-refractivity contribution in [2.24, 2.45) is 7.05 Å². The zero-order valence-corrected chi connectivity index (χ0v) is 18.6. The van der Waals surface area contributed by atoms with E-state index in [9.17, 15) is 0 Å². The Hall–Kier alpha value is -2.93. The van der Waals surface area contributed by atoms with Crippen LogP contribution in [0.5, 0.6) is 0 Å². The first-order valence-electron chi connectivity index (χ1n) is 10.2. The van der Waals surface area contributed by atoms with E-state index in [1.807, 2.05) is 42.2 Å². The highest BCUT2D eigenvalue weighted by Crippen LogP contribution is 2.34. The van der Waals surface area contributed by atoms with Crippen LogP contribution in [-0.2, 0) is 19.9 Å². The topological polar surface area (TPSA) is 58.9 Å². The number of halogens is 1. The van der Waals surface area contributed by atoms with Crippen LogP contribution in [-0.4, -0.2) is 26.8 Å². The summed E-state index contributed by atoms with van der Waals surface area (Å²) in [6, 6.07) is 14.4. The number of nitrogens with one attached hydrogen (secondary N) is 1. The Bertz CT molecular complexity index is 1230. The second kappa shape index (κ2) is 7.72. The van der Waals surface area contributed by atoms with E-state index in [0.29, 0.717) is 5.95 Å². The number of nitrogens with zero attached hydrogens (tertiary/aromatic N) is 5. The van der Waals surface area contributed by atoms with Crippen molar-refractivity contribution in [3.8, 4) is 0 Å². The zero-order chi connectivity index (χ0) is 20.7. The van der Waals surface area contributed by atoms with Gasteiger partial charge < -0.3 is 10.2 Å². The molecule has 0 atom stereocenters. The molecule has 1 aliphatic rings. The second-order valence-corrected chi connectivity index (χ2v) is 8.66. The van der Waals surface area contributed by atoms with E-state index in [0.717, 1.165) is 51.1 Å². The van der Waals surface area contributed by atoms with Gasteiger partial charge >= 0.3 is 0 Å². The molecular formula is C23H23BrN6. The number of hydrogen-bond acceptors (Lipinski definition) is 5. The van der Waals surface area contributed by atoms with Crippen molar-refractivity contribution in [2.75, 3.05) is 17.3 Å². The molecular weight excluding hydrogens is 440 g/mol. The number of benzene rings is 2. The van der Waals surface area contributed by atoms with Gasteiger partial charge in [-0.1, -0.05) is 22.0 Å². The van der Waals surface area contributed by atoms with Crippen molar-refractivity contribution in [3.63, 3.8) is 0 Å². The van der Waals surface area contributed by atoms with Crippen LogP contribution >= 0.6 is 15.9 Å². The van der Waals surface area contributed by atoms with Gasteiger partial charge in [0.2, 0.25) is 5.95 Å². The number of fused-ring (bicyclic) bond motifs is 2. The maximum Gasteiger partial charge on any atom is 0.229 e. The standard InChI is InChI=1S/C23H23BrN6/c1-29-14-15-10-11-18(13-21(15)28-29)30(2)22-19-8-3-4-9-20(19)26-23(27-22)25-17-7-5-6-16(24)12-17/h5-7,10-14H,3-4,8-9H2,1-2H3,(H,25,26,27). The highest BCUT2D eigenvalue weighted by molar-refractivity contribution is 9.10. The van der Waals surface area contributed by atoms with E-state index in [2.05, 4.69) is 56.5 Å². The van der Waals surface area contributed by atoms with Crippen molar-refractivity contribution < 1.29 is 0 Å². The fourth-order valence-corrected chi connectivity index (χ4v) is 4.46. The van der Waals surface area contributed by atoms with Gasteiger partial charge in [0.25, 0.3) is 0 Å². The summed E-state index contributed by atoms with van der Waals surface area (Å²) in [5.74, 6) is 1.60. The van der Waals surface area contributed by atoms with Gasteiger partial charge in [-0.25, -0.2) is 4.98 Å². The Morgan fingerprint density at radius 1 is 1.07 bits per heavy atom. The van der Waals surface area contributed by atoms with Crippen molar-refractivity contribution in [1.82, 2.24) is 19.7 Å². The lowest BCUT2D eigenvalue weighted by molar-refractivity contribution is 0.663. The van der Waals surface area contributed by atoms with Crippen LogP contribution in [0, 0.1) is 0 Å². The summed E-state index contributed by atoms with van der Waals surface area (Å²) < 4.78 is 2.87. The van der Waals surface area contributed by atoms with Gasteiger partial charge in [-0.3, -0.25) is 4.68 Å². The molecule has 2 aromatic heterocycles. The van der Waals surface area contributed by atoms with Crippen molar-refractivity contribution in [1.29, 1.82) is 0 Å². The Morgan fingerprint density at radius 2 is 1.93 bits per heavy atom. The first kappa shape index (κ1) is 19.1. The van der Waals surface area contributed by atoms with Gasteiger partial charge in [0.15, 0.2) is 0 Å². The largest absolute Gasteiger partial charge is 0.329 e. The number of aryl methyl sites for hydroxylation is 2. The summed E-state index contributed by atoms with van der Waals surface area (Å²) in [7, 11) is 4.02. The van der Waals surface area contributed by atoms with Crippen LogP contribution < -0.4 is 10.2 Å². The summed E-state index contributed by atoms with van der Waals surface area (Å²) in [5, 5.41) is 9.07. The smallest absolute Gasteiger partial charge is 0.229 e. The predicted octanol–water partition coefficient (Wildman–Crippen LogP) is 5.52. The number of rotatable bonds is 4. The fraction of sp³-hybridized carbons (Fsp3) is 0.261. The molecule has 0 saturated heterocycles. The van der Waals surface area contributed by atoms with E-state index in [1.165, 1.54) is 18.4 Å². The molecule has 5 rings (SSSR count). The third-order valence-electron chi connectivity index (χ3n) is 5.55. The monoisotopic (exact) mass is 462 g/mol. The lowest BCUT2D eigenvalue weighted by Crippen LogP contribution is -2.19. The van der Waals surface area contributed by atoms with Gasteiger partial charge in [0.05, 0.1) is 11.2 Å². The van der Waals surface area contributed by atoms with Gasteiger partial charge in [-0.2, -0.15) is 10.1 Å². The minimum atomic E-state index is 0.634. The molecule has 152 valence electrons. The van der Waals surface area contributed by atoms with Crippen LogP contribution in [0.15, 0.2) is 53.1 Å². The van der Waals surface area contributed by atoms with Crippen LogP contribution in [0.2, 0.25) is 0 Å². The molecule has 2 aromatic carbocycles. The van der Waals surface area contributed by atoms with Crippen LogP contribution in [0.1, 0.15) is 24.1 Å². The molecule has 2 heterocycles. The summed E-state index contributed by atoms with van der Waals surface area (Å²) in [5.41, 5.74) is 5.42. The molecule has 1 N–H and O–H groups in total. The summed E-state index contributed by atoms with van der Waals surface area (Å²) in [6.07, 6.45) is 6.38. The van der Waals surface area contributed by atoms with Gasteiger partial charge in [0, 0.05) is 47.1 Å². The number of hydrogen-bond donors (Lipinski definition) is 1. The summed E-state index contributed by atoms with van der Waals surface area (Å²) in [6.45, 7) is 0. The Balaban J connectivity index is 1.56. The average Bonchev–Trinajstić information content (AvgIpc) is 3.12. The second-order valence-electron chi connectivity index (χ2n) is 7.74. The molecule has 30 heavy (non-hydrogen) atoms. The molecule has 1 aliphatic carbocycles. The molecule has 7 heteroatoms. The molecule has 0 spiro atoms. The zero-order valence-electron chi connectivity index (χ0n) is 17.1. The summed E-state index contributed by atoms with van der Waals surface area (Å²) in [4.78, 5) is 11.9. The third-order valence-corrected chi connectivity index (χ3v) is 6.05. The highest BCUT2D eigenvalue weighted by Gasteiger charge is 2.21. The highest BCUT2D eigenvalue weighted by atomic mass is 79.9. The van der Waals surface area contributed by atoms with E-state index in [-0.39, 0.29) is 0 Å². The molecule has 0 bridgehead atoms. The fourth-order valence-electron chi connectivity index (χ4n) is 4.06. The third kappa shape index (κ3) is 3.65. The van der Waals surface area contributed by atoms with E-state index in [1.54, 1.807) is 0 Å². The first-order valence-corrected chi connectivity index (χ1v) is 11.0. The molecule has 0 aliphatic heterocycles. The summed E-state index contributed by atoms with van der Waals surface area (Å²) >= 11 is 3.53. The van der Waals surface area contributed by atoms with E-state index < -0.39 is 0 Å². The molecule has 6 nitrogen and oxygen atoms in total. The number of anilines is 4. The Kier molecular flexibility index (Phi) is 4.90. The lowest BCUT2D eigenvalue weighted by atomic mass is 9.96. The Morgan fingerprint density at radius 3 is 2.80 bits per heavy atom. The van der Waals surface area contributed by atoms with Gasteiger partial charge in [0.1, 0.15) is 5.82 Å².